The molecule has 0 saturated carbocycles. The third kappa shape index (κ3) is 4.15. The van der Waals surface area contributed by atoms with Crippen LogP contribution in [-0.4, -0.2) is 36.3 Å². The van der Waals surface area contributed by atoms with Gasteiger partial charge in [0.25, 0.3) is 0 Å². The van der Waals surface area contributed by atoms with Crippen molar-refractivity contribution in [2.45, 2.75) is 46.5 Å². The maximum absolute atomic E-state index is 5.45. The molecule has 2 aromatic rings. The second-order valence-corrected chi connectivity index (χ2v) is 7.54. The van der Waals surface area contributed by atoms with E-state index in [1.165, 1.54) is 16.8 Å². The summed E-state index contributed by atoms with van der Waals surface area (Å²) in [5.74, 6) is 2.52. The van der Waals surface area contributed by atoms with Crippen molar-refractivity contribution in [2.24, 2.45) is 0 Å². The lowest BCUT2D eigenvalue weighted by Gasteiger charge is -2.27. The molecule has 0 radical (unpaired) electrons. The molecule has 1 aliphatic heterocycles. The zero-order valence-electron chi connectivity index (χ0n) is 16.5. The summed E-state index contributed by atoms with van der Waals surface area (Å²) >= 11 is 0. The number of rotatable bonds is 5. The van der Waals surface area contributed by atoms with Gasteiger partial charge < -0.3 is 15.0 Å². The van der Waals surface area contributed by atoms with E-state index in [2.05, 4.69) is 61.1 Å². The lowest BCUT2D eigenvalue weighted by Crippen LogP contribution is -2.37. The number of morpholine rings is 1. The minimum absolute atomic E-state index is 0.442. The standard InChI is InChI=1S/C21H30N4O/c1-14(2)17-7-6-8-18(15(3)4)20(17)23-19-13-16(5)22-21(24-19)25-9-11-26-12-10-25/h6-8,13-15H,9-12H2,1-5H3,(H,22,23,24). The van der Waals surface area contributed by atoms with Crippen LogP contribution < -0.4 is 10.2 Å². The van der Waals surface area contributed by atoms with Crippen LogP contribution in [0.2, 0.25) is 0 Å². The number of hydrogen-bond acceptors (Lipinski definition) is 5. The van der Waals surface area contributed by atoms with Gasteiger partial charge in [0.15, 0.2) is 0 Å². The van der Waals surface area contributed by atoms with Gasteiger partial charge in [0.05, 0.1) is 13.2 Å². The van der Waals surface area contributed by atoms with Crippen LogP contribution in [0.5, 0.6) is 0 Å². The van der Waals surface area contributed by atoms with E-state index in [0.717, 1.165) is 43.8 Å². The fourth-order valence-electron chi connectivity index (χ4n) is 3.35. The Morgan fingerprint density at radius 2 is 1.62 bits per heavy atom. The Morgan fingerprint density at radius 1 is 1.00 bits per heavy atom. The van der Waals surface area contributed by atoms with Crippen molar-refractivity contribution in [1.82, 2.24) is 9.97 Å². The molecular weight excluding hydrogens is 324 g/mol. The smallest absolute Gasteiger partial charge is 0.227 e. The lowest BCUT2D eigenvalue weighted by molar-refractivity contribution is 0.122. The Morgan fingerprint density at radius 3 is 2.19 bits per heavy atom. The van der Waals surface area contributed by atoms with Crippen LogP contribution in [0.15, 0.2) is 24.3 Å². The van der Waals surface area contributed by atoms with Crippen molar-refractivity contribution < 1.29 is 4.74 Å². The molecule has 0 bridgehead atoms. The summed E-state index contributed by atoms with van der Waals surface area (Å²) in [6, 6.07) is 8.58. The third-order valence-corrected chi connectivity index (χ3v) is 4.76. The summed E-state index contributed by atoms with van der Waals surface area (Å²) in [7, 11) is 0. The molecule has 1 fully saturated rings. The molecule has 0 amide bonds. The maximum atomic E-state index is 5.45. The van der Waals surface area contributed by atoms with Crippen LogP contribution in [0.25, 0.3) is 0 Å². The Hall–Kier alpha value is -2.14. The Bertz CT molecular complexity index is 725. The van der Waals surface area contributed by atoms with Gasteiger partial charge in [-0.15, -0.1) is 0 Å². The van der Waals surface area contributed by atoms with Crippen molar-refractivity contribution in [3.8, 4) is 0 Å². The number of para-hydroxylation sites is 1. The molecule has 1 aromatic heterocycles. The van der Waals surface area contributed by atoms with E-state index >= 15 is 0 Å². The van der Waals surface area contributed by atoms with E-state index in [-0.39, 0.29) is 0 Å². The van der Waals surface area contributed by atoms with Gasteiger partial charge in [-0.2, -0.15) is 4.98 Å². The minimum Gasteiger partial charge on any atom is -0.378 e. The quantitative estimate of drug-likeness (QED) is 0.849. The van der Waals surface area contributed by atoms with E-state index in [1.54, 1.807) is 0 Å². The van der Waals surface area contributed by atoms with Crippen molar-refractivity contribution in [3.05, 3.63) is 41.1 Å². The third-order valence-electron chi connectivity index (χ3n) is 4.76. The maximum Gasteiger partial charge on any atom is 0.227 e. The number of nitrogens with one attached hydrogen (secondary N) is 1. The predicted octanol–water partition coefficient (Wildman–Crippen LogP) is 4.61. The van der Waals surface area contributed by atoms with Crippen LogP contribution >= 0.6 is 0 Å². The second-order valence-electron chi connectivity index (χ2n) is 7.54. The Kier molecular flexibility index (Phi) is 5.77. The number of ether oxygens (including phenoxy) is 1. The van der Waals surface area contributed by atoms with Crippen molar-refractivity contribution in [2.75, 3.05) is 36.5 Å². The second kappa shape index (κ2) is 8.04. The molecule has 2 heterocycles. The molecule has 5 heteroatoms. The van der Waals surface area contributed by atoms with Crippen LogP contribution in [0.3, 0.4) is 0 Å². The average molecular weight is 354 g/mol. The first-order valence-electron chi connectivity index (χ1n) is 9.54. The summed E-state index contributed by atoms with van der Waals surface area (Å²) in [4.78, 5) is 11.6. The van der Waals surface area contributed by atoms with Crippen molar-refractivity contribution >= 4 is 17.5 Å². The van der Waals surface area contributed by atoms with Gasteiger partial charge in [-0.05, 0) is 29.9 Å². The zero-order valence-corrected chi connectivity index (χ0v) is 16.5. The predicted molar refractivity (Wildman–Crippen MR) is 108 cm³/mol. The van der Waals surface area contributed by atoms with Crippen molar-refractivity contribution in [3.63, 3.8) is 0 Å². The molecule has 0 atom stereocenters. The SMILES string of the molecule is Cc1cc(Nc2c(C(C)C)cccc2C(C)C)nc(N2CCOCC2)n1. The van der Waals surface area contributed by atoms with E-state index in [1.807, 2.05) is 13.0 Å². The molecular formula is C21H30N4O. The first-order valence-corrected chi connectivity index (χ1v) is 9.54. The summed E-state index contributed by atoms with van der Waals surface area (Å²) in [5, 5.41) is 3.62. The van der Waals surface area contributed by atoms with E-state index in [0.29, 0.717) is 11.8 Å². The van der Waals surface area contributed by atoms with Crippen LogP contribution in [0.4, 0.5) is 17.5 Å². The number of aryl methyl sites for hydroxylation is 1. The van der Waals surface area contributed by atoms with Gasteiger partial charge in [-0.25, -0.2) is 4.98 Å². The molecule has 140 valence electrons. The fraction of sp³-hybridized carbons (Fsp3) is 0.524. The monoisotopic (exact) mass is 354 g/mol. The van der Waals surface area contributed by atoms with Gasteiger partial charge in [0.2, 0.25) is 5.95 Å². The summed E-state index contributed by atoms with van der Waals surface area (Å²) in [5.41, 5.74) is 4.79. The molecule has 1 aliphatic rings. The van der Waals surface area contributed by atoms with Gasteiger partial charge in [-0.1, -0.05) is 45.9 Å². The molecule has 0 aliphatic carbocycles. The summed E-state index contributed by atoms with van der Waals surface area (Å²) < 4.78 is 5.45. The van der Waals surface area contributed by atoms with Gasteiger partial charge in [0.1, 0.15) is 5.82 Å². The molecule has 0 spiro atoms. The topological polar surface area (TPSA) is 50.3 Å². The van der Waals surface area contributed by atoms with E-state index in [9.17, 15) is 0 Å². The largest absolute Gasteiger partial charge is 0.378 e. The van der Waals surface area contributed by atoms with Crippen LogP contribution in [0.1, 0.15) is 56.4 Å². The van der Waals surface area contributed by atoms with Gasteiger partial charge in [-0.3, -0.25) is 0 Å². The first-order chi connectivity index (χ1) is 12.5. The number of benzene rings is 1. The highest BCUT2D eigenvalue weighted by Gasteiger charge is 2.17. The number of anilines is 3. The number of aromatic nitrogens is 2. The first kappa shape index (κ1) is 18.6. The highest BCUT2D eigenvalue weighted by Crippen LogP contribution is 2.34. The Balaban J connectivity index is 1.97. The highest BCUT2D eigenvalue weighted by molar-refractivity contribution is 5.67. The molecule has 1 saturated heterocycles. The summed E-state index contributed by atoms with van der Waals surface area (Å²) in [6.07, 6.45) is 0. The Labute approximate surface area is 156 Å². The van der Waals surface area contributed by atoms with Gasteiger partial charge in [0, 0.05) is 30.5 Å². The van der Waals surface area contributed by atoms with Crippen LogP contribution in [0, 0.1) is 6.92 Å². The van der Waals surface area contributed by atoms with Gasteiger partial charge >= 0.3 is 0 Å². The fourth-order valence-corrected chi connectivity index (χ4v) is 3.35. The molecule has 0 unspecified atom stereocenters. The highest BCUT2D eigenvalue weighted by atomic mass is 16.5. The minimum atomic E-state index is 0.442. The molecule has 26 heavy (non-hydrogen) atoms. The van der Waals surface area contributed by atoms with E-state index in [4.69, 9.17) is 9.72 Å². The molecule has 1 aromatic carbocycles. The van der Waals surface area contributed by atoms with Crippen LogP contribution in [-0.2, 0) is 4.74 Å². The average Bonchev–Trinajstić information content (AvgIpc) is 2.61. The zero-order chi connectivity index (χ0) is 18.7. The summed E-state index contributed by atoms with van der Waals surface area (Å²) in [6.45, 7) is 14.1. The molecule has 3 rings (SSSR count). The molecule has 5 nitrogen and oxygen atoms in total. The number of hydrogen-bond donors (Lipinski definition) is 1. The lowest BCUT2D eigenvalue weighted by atomic mass is 9.92. The normalized spacial score (nSPS) is 15.0. The molecule has 1 N–H and O–H groups in total. The van der Waals surface area contributed by atoms with Crippen molar-refractivity contribution in [1.29, 1.82) is 0 Å². The van der Waals surface area contributed by atoms with E-state index < -0.39 is 0 Å². The number of nitrogens with zero attached hydrogens (tertiary/aromatic N) is 3.